The van der Waals surface area contributed by atoms with Crippen LogP contribution in [0.5, 0.6) is 11.6 Å². The number of rotatable bonds is 2. The second-order valence-corrected chi connectivity index (χ2v) is 3.63. The Morgan fingerprint density at radius 1 is 1.06 bits per heavy atom. The van der Waals surface area contributed by atoms with E-state index in [0.29, 0.717) is 11.6 Å². The number of aryl methyl sites for hydroxylation is 2. The molecule has 0 aliphatic heterocycles. The lowest BCUT2D eigenvalue weighted by molar-refractivity contribution is 0.454. The standard InChI is InChI=1S/C12H13N3O/c1-8-7-10(4-5-11(8)13)16-12-6-3-9(2)14-15-12/h3-7H,13H2,1-2H3. The van der Waals surface area contributed by atoms with Crippen LogP contribution in [0.25, 0.3) is 0 Å². The number of nitrogens with two attached hydrogens (primary N) is 1. The van der Waals surface area contributed by atoms with Crippen molar-refractivity contribution in [3.05, 3.63) is 41.6 Å². The maximum Gasteiger partial charge on any atom is 0.238 e. The minimum Gasteiger partial charge on any atom is -0.438 e. The molecule has 4 heteroatoms. The number of ether oxygens (including phenoxy) is 1. The summed E-state index contributed by atoms with van der Waals surface area (Å²) in [5.74, 6) is 1.19. The van der Waals surface area contributed by atoms with Crippen molar-refractivity contribution < 1.29 is 4.74 Å². The fraction of sp³-hybridized carbons (Fsp3) is 0.167. The van der Waals surface area contributed by atoms with Gasteiger partial charge in [0.1, 0.15) is 5.75 Å². The predicted molar refractivity (Wildman–Crippen MR) is 62.4 cm³/mol. The van der Waals surface area contributed by atoms with Crippen LogP contribution in [0, 0.1) is 13.8 Å². The summed E-state index contributed by atoms with van der Waals surface area (Å²) in [4.78, 5) is 0. The number of hydrogen-bond donors (Lipinski definition) is 1. The monoisotopic (exact) mass is 215 g/mol. The second kappa shape index (κ2) is 4.18. The summed E-state index contributed by atoms with van der Waals surface area (Å²) < 4.78 is 5.54. The van der Waals surface area contributed by atoms with Gasteiger partial charge in [-0.25, -0.2) is 0 Å². The van der Waals surface area contributed by atoms with Crippen molar-refractivity contribution >= 4 is 5.69 Å². The number of nitrogen functional groups attached to an aromatic ring is 1. The van der Waals surface area contributed by atoms with Crippen molar-refractivity contribution in [2.75, 3.05) is 5.73 Å². The van der Waals surface area contributed by atoms with Gasteiger partial charge in [0.25, 0.3) is 0 Å². The van der Waals surface area contributed by atoms with Crippen LogP contribution in [0.3, 0.4) is 0 Å². The van der Waals surface area contributed by atoms with Crippen LogP contribution in [0.15, 0.2) is 30.3 Å². The maximum absolute atomic E-state index is 5.72. The van der Waals surface area contributed by atoms with E-state index in [9.17, 15) is 0 Å². The van der Waals surface area contributed by atoms with Crippen LogP contribution in [0.2, 0.25) is 0 Å². The molecule has 2 aromatic rings. The first-order valence-corrected chi connectivity index (χ1v) is 4.99. The van der Waals surface area contributed by atoms with Gasteiger partial charge in [-0.3, -0.25) is 0 Å². The van der Waals surface area contributed by atoms with Gasteiger partial charge in [0.05, 0.1) is 5.69 Å². The minimum absolute atomic E-state index is 0.481. The molecule has 0 fully saturated rings. The van der Waals surface area contributed by atoms with Crippen molar-refractivity contribution in [3.8, 4) is 11.6 Å². The summed E-state index contributed by atoms with van der Waals surface area (Å²) in [5, 5.41) is 7.84. The van der Waals surface area contributed by atoms with Gasteiger partial charge in [0, 0.05) is 11.8 Å². The fourth-order valence-electron chi connectivity index (χ4n) is 1.27. The van der Waals surface area contributed by atoms with E-state index < -0.39 is 0 Å². The SMILES string of the molecule is Cc1ccc(Oc2ccc(N)c(C)c2)nn1. The van der Waals surface area contributed by atoms with Gasteiger partial charge in [0.15, 0.2) is 0 Å². The van der Waals surface area contributed by atoms with E-state index >= 15 is 0 Å². The molecule has 0 spiro atoms. The molecule has 2 N–H and O–H groups in total. The van der Waals surface area contributed by atoms with Crippen LogP contribution in [-0.2, 0) is 0 Å². The number of nitrogens with zero attached hydrogens (tertiary/aromatic N) is 2. The quantitative estimate of drug-likeness (QED) is 0.782. The van der Waals surface area contributed by atoms with Gasteiger partial charge in [-0.2, -0.15) is 5.10 Å². The molecule has 0 unspecified atom stereocenters. The lowest BCUT2D eigenvalue weighted by atomic mass is 10.2. The third-order valence-corrected chi connectivity index (χ3v) is 2.24. The first-order chi connectivity index (χ1) is 7.65. The molecular weight excluding hydrogens is 202 g/mol. The summed E-state index contributed by atoms with van der Waals surface area (Å²) >= 11 is 0. The van der Waals surface area contributed by atoms with E-state index in [2.05, 4.69) is 10.2 Å². The zero-order chi connectivity index (χ0) is 11.5. The second-order valence-electron chi connectivity index (χ2n) is 3.63. The van der Waals surface area contributed by atoms with E-state index in [0.717, 1.165) is 16.9 Å². The number of hydrogen-bond acceptors (Lipinski definition) is 4. The van der Waals surface area contributed by atoms with Gasteiger partial charge in [-0.05, 0) is 43.7 Å². The van der Waals surface area contributed by atoms with Crippen molar-refractivity contribution in [1.82, 2.24) is 10.2 Å². The Bertz CT molecular complexity index is 494. The number of anilines is 1. The molecule has 1 aromatic heterocycles. The van der Waals surface area contributed by atoms with Crippen molar-refractivity contribution in [3.63, 3.8) is 0 Å². The largest absolute Gasteiger partial charge is 0.438 e. The summed E-state index contributed by atoms with van der Waals surface area (Å²) in [6, 6.07) is 9.13. The zero-order valence-electron chi connectivity index (χ0n) is 9.27. The van der Waals surface area contributed by atoms with Crippen LogP contribution in [0.1, 0.15) is 11.3 Å². The summed E-state index contributed by atoms with van der Waals surface area (Å²) in [6.45, 7) is 3.81. The third kappa shape index (κ3) is 2.28. The third-order valence-electron chi connectivity index (χ3n) is 2.24. The van der Waals surface area contributed by atoms with Crippen LogP contribution in [0.4, 0.5) is 5.69 Å². The average Bonchev–Trinajstić information content (AvgIpc) is 2.27. The summed E-state index contributed by atoms with van der Waals surface area (Å²) in [6.07, 6.45) is 0. The molecule has 0 amide bonds. The zero-order valence-corrected chi connectivity index (χ0v) is 9.27. The molecule has 1 heterocycles. The van der Waals surface area contributed by atoms with Crippen LogP contribution < -0.4 is 10.5 Å². The summed E-state index contributed by atoms with van der Waals surface area (Å²) in [5.41, 5.74) is 8.32. The molecule has 0 atom stereocenters. The normalized spacial score (nSPS) is 10.1. The maximum atomic E-state index is 5.72. The van der Waals surface area contributed by atoms with Gasteiger partial charge in [0.2, 0.25) is 5.88 Å². The van der Waals surface area contributed by atoms with Crippen LogP contribution >= 0.6 is 0 Å². The Balaban J connectivity index is 2.20. The molecule has 0 saturated carbocycles. The van der Waals surface area contributed by atoms with E-state index in [1.807, 2.05) is 38.1 Å². The lowest BCUT2D eigenvalue weighted by Gasteiger charge is -2.06. The molecule has 82 valence electrons. The Morgan fingerprint density at radius 3 is 2.50 bits per heavy atom. The highest BCUT2D eigenvalue weighted by molar-refractivity contribution is 5.50. The average molecular weight is 215 g/mol. The highest BCUT2D eigenvalue weighted by Crippen LogP contribution is 2.22. The van der Waals surface area contributed by atoms with E-state index in [1.54, 1.807) is 6.07 Å². The van der Waals surface area contributed by atoms with Gasteiger partial charge in [-0.1, -0.05) is 0 Å². The van der Waals surface area contributed by atoms with Crippen molar-refractivity contribution in [2.24, 2.45) is 0 Å². The first-order valence-electron chi connectivity index (χ1n) is 4.99. The highest BCUT2D eigenvalue weighted by atomic mass is 16.5. The van der Waals surface area contributed by atoms with E-state index in [4.69, 9.17) is 10.5 Å². The minimum atomic E-state index is 0.481. The van der Waals surface area contributed by atoms with Crippen LogP contribution in [-0.4, -0.2) is 10.2 Å². The molecule has 0 aliphatic carbocycles. The molecule has 16 heavy (non-hydrogen) atoms. The van der Waals surface area contributed by atoms with Gasteiger partial charge in [-0.15, -0.1) is 5.10 Å². The summed E-state index contributed by atoms with van der Waals surface area (Å²) in [7, 11) is 0. The van der Waals surface area contributed by atoms with Crippen molar-refractivity contribution in [2.45, 2.75) is 13.8 Å². The Hall–Kier alpha value is -2.10. The molecule has 0 bridgehead atoms. The molecule has 1 aromatic carbocycles. The predicted octanol–water partition coefficient (Wildman–Crippen LogP) is 2.47. The molecule has 0 aliphatic rings. The molecule has 0 radical (unpaired) electrons. The van der Waals surface area contributed by atoms with Gasteiger partial charge < -0.3 is 10.5 Å². The number of benzene rings is 1. The smallest absolute Gasteiger partial charge is 0.238 e. The number of aromatic nitrogens is 2. The molecular formula is C12H13N3O. The Labute approximate surface area is 94.1 Å². The highest BCUT2D eigenvalue weighted by Gasteiger charge is 2.01. The van der Waals surface area contributed by atoms with E-state index in [1.165, 1.54) is 0 Å². The van der Waals surface area contributed by atoms with Crippen molar-refractivity contribution in [1.29, 1.82) is 0 Å². The van der Waals surface area contributed by atoms with Gasteiger partial charge >= 0.3 is 0 Å². The molecule has 2 rings (SSSR count). The molecule has 0 saturated heterocycles. The lowest BCUT2D eigenvalue weighted by Crippen LogP contribution is -1.93. The topological polar surface area (TPSA) is 61.0 Å². The first kappa shape index (κ1) is 10.4. The fourth-order valence-corrected chi connectivity index (χ4v) is 1.27. The molecule has 4 nitrogen and oxygen atoms in total. The Kier molecular flexibility index (Phi) is 2.72. The Morgan fingerprint density at radius 2 is 1.88 bits per heavy atom. The van der Waals surface area contributed by atoms with E-state index in [-0.39, 0.29) is 0 Å².